The molecule has 0 aromatic carbocycles. The highest BCUT2D eigenvalue weighted by Crippen LogP contribution is 2.06. The number of amides is 1. The van der Waals surface area contributed by atoms with Crippen molar-refractivity contribution in [1.29, 1.82) is 0 Å². The zero-order valence-corrected chi connectivity index (χ0v) is 10.4. The van der Waals surface area contributed by atoms with Crippen LogP contribution in [-0.4, -0.2) is 31.8 Å². The molecule has 0 aromatic rings. The Balaban J connectivity index is 3.29. The van der Waals surface area contributed by atoms with E-state index in [-0.39, 0.29) is 11.6 Å². The van der Waals surface area contributed by atoms with Gasteiger partial charge in [-0.1, -0.05) is 6.92 Å². The minimum atomic E-state index is -0.350. The van der Waals surface area contributed by atoms with Gasteiger partial charge < -0.3 is 15.4 Å². The molecule has 0 unspecified atom stereocenters. The highest BCUT2D eigenvalue weighted by atomic mass is 16.5. The first-order chi connectivity index (χ1) is 7.02. The predicted molar refractivity (Wildman–Crippen MR) is 62.0 cm³/mol. The topological polar surface area (TPSA) is 50.4 Å². The number of carbonyl (C=O) groups excluding carboxylic acids is 1. The molecule has 0 aliphatic heterocycles. The molecule has 4 nitrogen and oxygen atoms in total. The molecule has 0 rings (SSSR count). The molecular formula is C11H24N2O2. The summed E-state index contributed by atoms with van der Waals surface area (Å²) in [5.41, 5.74) is 0.218. The van der Waals surface area contributed by atoms with Crippen molar-refractivity contribution in [1.82, 2.24) is 10.6 Å². The first kappa shape index (κ1) is 14.2. The maximum absolute atomic E-state index is 10.7. The van der Waals surface area contributed by atoms with E-state index in [0.29, 0.717) is 6.54 Å². The molecule has 0 radical (unpaired) electrons. The molecule has 0 spiro atoms. The van der Waals surface area contributed by atoms with Gasteiger partial charge >= 0.3 is 6.09 Å². The van der Waals surface area contributed by atoms with Crippen molar-refractivity contribution < 1.29 is 9.53 Å². The van der Waals surface area contributed by atoms with Gasteiger partial charge in [0.15, 0.2) is 0 Å². The lowest BCUT2D eigenvalue weighted by atomic mass is 10.0. The number of hydrogen-bond acceptors (Lipinski definition) is 3. The second-order valence-corrected chi connectivity index (χ2v) is 4.29. The normalized spacial score (nSPS) is 11.2. The third kappa shape index (κ3) is 8.24. The summed E-state index contributed by atoms with van der Waals surface area (Å²) < 4.78 is 4.46. The Bertz CT molecular complexity index is 181. The summed E-state index contributed by atoms with van der Waals surface area (Å²) in [6.07, 6.45) is 2.81. The number of unbranched alkanes of at least 4 members (excludes halogenated alkanes) is 1. The van der Waals surface area contributed by atoms with Crippen LogP contribution >= 0.6 is 0 Å². The molecule has 4 heteroatoms. The lowest BCUT2D eigenvalue weighted by molar-refractivity contribution is 0.171. The maximum Gasteiger partial charge on any atom is 0.406 e. The minimum absolute atomic E-state index is 0.218. The molecule has 2 N–H and O–H groups in total. The minimum Gasteiger partial charge on any atom is -0.453 e. The first-order valence-corrected chi connectivity index (χ1v) is 5.58. The zero-order valence-electron chi connectivity index (χ0n) is 10.4. The fourth-order valence-electron chi connectivity index (χ4n) is 1.06. The molecule has 0 aliphatic carbocycles. The highest BCUT2D eigenvalue weighted by Gasteiger charge is 2.12. The number of nitrogens with one attached hydrogen (secondary N) is 2. The second-order valence-electron chi connectivity index (χ2n) is 4.29. The van der Waals surface area contributed by atoms with Crippen LogP contribution in [0.4, 0.5) is 4.79 Å². The number of rotatable bonds is 7. The van der Waals surface area contributed by atoms with Gasteiger partial charge in [0.25, 0.3) is 0 Å². The van der Waals surface area contributed by atoms with Crippen LogP contribution in [0.3, 0.4) is 0 Å². The van der Waals surface area contributed by atoms with Crippen molar-refractivity contribution in [3.8, 4) is 0 Å². The van der Waals surface area contributed by atoms with Gasteiger partial charge in [-0.25, -0.2) is 4.79 Å². The largest absolute Gasteiger partial charge is 0.453 e. The molecule has 0 aliphatic rings. The van der Waals surface area contributed by atoms with Gasteiger partial charge in [-0.2, -0.15) is 0 Å². The van der Waals surface area contributed by atoms with Crippen molar-refractivity contribution in [3.63, 3.8) is 0 Å². The lowest BCUT2D eigenvalue weighted by Gasteiger charge is -2.24. The van der Waals surface area contributed by atoms with E-state index >= 15 is 0 Å². The summed E-state index contributed by atoms with van der Waals surface area (Å²) in [5, 5.41) is 6.12. The number of alkyl carbamates (subject to hydrolysis) is 1. The average molecular weight is 216 g/mol. The van der Waals surface area contributed by atoms with Gasteiger partial charge in [0.1, 0.15) is 0 Å². The molecule has 0 heterocycles. The number of ether oxygens (including phenoxy) is 1. The van der Waals surface area contributed by atoms with Gasteiger partial charge in [0.05, 0.1) is 7.11 Å². The van der Waals surface area contributed by atoms with Crippen molar-refractivity contribution in [2.45, 2.75) is 45.6 Å². The van der Waals surface area contributed by atoms with Gasteiger partial charge in [0, 0.05) is 12.1 Å². The quantitative estimate of drug-likeness (QED) is 0.639. The predicted octanol–water partition coefficient (Wildman–Crippen LogP) is 1.90. The molecule has 0 fully saturated rings. The Morgan fingerprint density at radius 3 is 2.40 bits per heavy atom. The van der Waals surface area contributed by atoms with E-state index in [0.717, 1.165) is 25.8 Å². The molecule has 1 amide bonds. The van der Waals surface area contributed by atoms with Crippen LogP contribution in [0.5, 0.6) is 0 Å². The van der Waals surface area contributed by atoms with E-state index in [9.17, 15) is 4.79 Å². The van der Waals surface area contributed by atoms with Gasteiger partial charge in [0.2, 0.25) is 0 Å². The van der Waals surface area contributed by atoms with Crippen LogP contribution in [0.25, 0.3) is 0 Å². The standard InChI is InChI=1S/C11H24N2O2/c1-5-11(2,3)13-9-7-6-8-12-10(14)15-4/h13H,5-9H2,1-4H3,(H,12,14). The fraction of sp³-hybridized carbons (Fsp3) is 0.909. The Morgan fingerprint density at radius 1 is 1.27 bits per heavy atom. The maximum atomic E-state index is 10.7. The van der Waals surface area contributed by atoms with Crippen LogP contribution in [0.15, 0.2) is 0 Å². The Kier molecular flexibility index (Phi) is 7.13. The van der Waals surface area contributed by atoms with E-state index in [2.05, 4.69) is 36.1 Å². The van der Waals surface area contributed by atoms with E-state index in [4.69, 9.17) is 0 Å². The summed E-state index contributed by atoms with van der Waals surface area (Å²) in [6, 6.07) is 0. The molecule has 0 atom stereocenters. The van der Waals surface area contributed by atoms with Crippen molar-refractivity contribution in [3.05, 3.63) is 0 Å². The SMILES string of the molecule is CCC(C)(C)NCCCCNC(=O)OC. The van der Waals surface area contributed by atoms with Crippen molar-refractivity contribution in [2.75, 3.05) is 20.2 Å². The monoisotopic (exact) mass is 216 g/mol. The van der Waals surface area contributed by atoms with E-state index in [1.165, 1.54) is 7.11 Å². The first-order valence-electron chi connectivity index (χ1n) is 5.58. The molecule has 0 saturated carbocycles. The van der Waals surface area contributed by atoms with Gasteiger partial charge in [-0.05, 0) is 39.7 Å². The Labute approximate surface area is 92.8 Å². The van der Waals surface area contributed by atoms with Crippen molar-refractivity contribution >= 4 is 6.09 Å². The molecule has 0 aromatic heterocycles. The van der Waals surface area contributed by atoms with E-state index < -0.39 is 0 Å². The third-order valence-corrected chi connectivity index (χ3v) is 2.55. The van der Waals surface area contributed by atoms with E-state index in [1.54, 1.807) is 0 Å². The van der Waals surface area contributed by atoms with Gasteiger partial charge in [-0.3, -0.25) is 0 Å². The fourth-order valence-corrected chi connectivity index (χ4v) is 1.06. The number of methoxy groups -OCH3 is 1. The van der Waals surface area contributed by atoms with Crippen LogP contribution in [0.2, 0.25) is 0 Å². The average Bonchev–Trinajstić information content (AvgIpc) is 2.22. The van der Waals surface area contributed by atoms with Crippen LogP contribution in [0.1, 0.15) is 40.0 Å². The zero-order chi connectivity index (χ0) is 11.7. The van der Waals surface area contributed by atoms with Crippen LogP contribution in [0, 0.1) is 0 Å². The summed E-state index contributed by atoms with van der Waals surface area (Å²) in [7, 11) is 1.38. The number of carbonyl (C=O) groups is 1. The molecule has 0 saturated heterocycles. The lowest BCUT2D eigenvalue weighted by Crippen LogP contribution is -2.39. The summed E-state index contributed by atoms with van der Waals surface area (Å²) in [4.78, 5) is 10.7. The Morgan fingerprint density at radius 2 is 1.87 bits per heavy atom. The van der Waals surface area contributed by atoms with Crippen LogP contribution in [-0.2, 0) is 4.74 Å². The molecule has 15 heavy (non-hydrogen) atoms. The molecular weight excluding hydrogens is 192 g/mol. The third-order valence-electron chi connectivity index (χ3n) is 2.55. The summed E-state index contributed by atoms with van der Waals surface area (Å²) >= 11 is 0. The smallest absolute Gasteiger partial charge is 0.406 e. The van der Waals surface area contributed by atoms with E-state index in [1.807, 2.05) is 0 Å². The molecule has 0 bridgehead atoms. The van der Waals surface area contributed by atoms with Crippen molar-refractivity contribution in [2.24, 2.45) is 0 Å². The summed E-state index contributed by atoms with van der Waals surface area (Å²) in [6.45, 7) is 8.23. The number of hydrogen-bond donors (Lipinski definition) is 2. The van der Waals surface area contributed by atoms with Gasteiger partial charge in [-0.15, -0.1) is 0 Å². The Hall–Kier alpha value is -0.770. The van der Waals surface area contributed by atoms with Crippen LogP contribution < -0.4 is 10.6 Å². The summed E-state index contributed by atoms with van der Waals surface area (Å²) in [5.74, 6) is 0. The highest BCUT2D eigenvalue weighted by molar-refractivity contribution is 5.66. The second kappa shape index (κ2) is 7.51. The molecule has 90 valence electrons.